The minimum absolute atomic E-state index is 0.294. The molecular weight excluding hydrogens is 150 g/mol. The highest BCUT2D eigenvalue weighted by Gasteiger charge is 2.37. The van der Waals surface area contributed by atoms with Crippen LogP contribution >= 0.6 is 0 Å². The number of nitrogens with one attached hydrogen (secondary N) is 1. The lowest BCUT2D eigenvalue weighted by Gasteiger charge is -2.10. The van der Waals surface area contributed by atoms with Crippen molar-refractivity contribution >= 4 is 5.82 Å². The summed E-state index contributed by atoms with van der Waals surface area (Å²) in [5.41, 5.74) is 1.44. The van der Waals surface area contributed by atoms with Crippen molar-refractivity contribution in [3.05, 3.63) is 17.8 Å². The van der Waals surface area contributed by atoms with Gasteiger partial charge in [0.25, 0.3) is 0 Å². The quantitative estimate of drug-likeness (QED) is 0.721. The van der Waals surface area contributed by atoms with E-state index < -0.39 is 0 Å². The molecular formula is C9H13N3. The molecule has 3 heteroatoms. The second kappa shape index (κ2) is 2.44. The van der Waals surface area contributed by atoms with Gasteiger partial charge in [-0.3, -0.25) is 0 Å². The van der Waals surface area contributed by atoms with Gasteiger partial charge in [-0.25, -0.2) is 0 Å². The van der Waals surface area contributed by atoms with E-state index in [-0.39, 0.29) is 0 Å². The van der Waals surface area contributed by atoms with Crippen LogP contribution in [-0.2, 0) is 0 Å². The van der Waals surface area contributed by atoms with Crippen LogP contribution in [0.25, 0.3) is 0 Å². The molecule has 1 aromatic heterocycles. The predicted octanol–water partition coefficient (Wildman–Crippen LogP) is 1.75. The fraction of sp³-hybridized carbons (Fsp3) is 0.556. The summed E-state index contributed by atoms with van der Waals surface area (Å²) in [6.45, 7) is 4.23. The van der Waals surface area contributed by atoms with Gasteiger partial charge < -0.3 is 5.32 Å². The molecule has 12 heavy (non-hydrogen) atoms. The van der Waals surface area contributed by atoms with Gasteiger partial charge in [-0.2, -0.15) is 5.10 Å². The van der Waals surface area contributed by atoms with Crippen LogP contribution in [0, 0.1) is 6.92 Å². The zero-order valence-corrected chi connectivity index (χ0v) is 7.46. The Labute approximate surface area is 72.2 Å². The summed E-state index contributed by atoms with van der Waals surface area (Å²) in [7, 11) is 0. The van der Waals surface area contributed by atoms with Crippen LogP contribution in [0.4, 0.5) is 5.82 Å². The summed E-state index contributed by atoms with van der Waals surface area (Å²) in [6.07, 6.45) is 4.24. The molecule has 1 aliphatic rings. The van der Waals surface area contributed by atoms with Crippen molar-refractivity contribution in [1.82, 2.24) is 10.2 Å². The summed E-state index contributed by atoms with van der Waals surface area (Å²) in [5.74, 6) is 0.898. The van der Waals surface area contributed by atoms with Crippen LogP contribution in [0.1, 0.15) is 25.3 Å². The van der Waals surface area contributed by atoms with E-state index in [1.54, 1.807) is 6.20 Å². The summed E-state index contributed by atoms with van der Waals surface area (Å²) in [5, 5.41) is 11.2. The van der Waals surface area contributed by atoms with Gasteiger partial charge in [0.05, 0.1) is 6.20 Å². The Morgan fingerprint density at radius 1 is 1.50 bits per heavy atom. The number of hydrogen-bond acceptors (Lipinski definition) is 3. The van der Waals surface area contributed by atoms with Crippen molar-refractivity contribution in [2.75, 3.05) is 5.32 Å². The zero-order valence-electron chi connectivity index (χ0n) is 7.46. The largest absolute Gasteiger partial charge is 0.363 e. The van der Waals surface area contributed by atoms with E-state index in [0.29, 0.717) is 5.54 Å². The first-order valence-corrected chi connectivity index (χ1v) is 4.25. The van der Waals surface area contributed by atoms with Crippen molar-refractivity contribution in [3.63, 3.8) is 0 Å². The third-order valence-corrected chi connectivity index (χ3v) is 2.22. The molecule has 0 saturated heterocycles. The smallest absolute Gasteiger partial charge is 0.149 e. The van der Waals surface area contributed by atoms with Gasteiger partial charge in [0, 0.05) is 5.54 Å². The first-order valence-electron chi connectivity index (χ1n) is 4.25. The van der Waals surface area contributed by atoms with Crippen molar-refractivity contribution < 1.29 is 0 Å². The van der Waals surface area contributed by atoms with E-state index in [1.165, 1.54) is 12.8 Å². The Bertz CT molecular complexity index is 292. The number of rotatable bonds is 2. The van der Waals surface area contributed by atoms with Crippen LogP contribution in [-0.4, -0.2) is 15.7 Å². The Hall–Kier alpha value is -1.12. The maximum absolute atomic E-state index is 4.00. The average molecular weight is 163 g/mol. The van der Waals surface area contributed by atoms with E-state index in [0.717, 1.165) is 11.4 Å². The fourth-order valence-corrected chi connectivity index (χ4v) is 1.15. The highest BCUT2D eigenvalue weighted by molar-refractivity contribution is 5.40. The second-order valence-electron chi connectivity index (χ2n) is 3.80. The number of nitrogens with zero attached hydrogens (tertiary/aromatic N) is 2. The van der Waals surface area contributed by atoms with Crippen molar-refractivity contribution in [1.29, 1.82) is 0 Å². The van der Waals surface area contributed by atoms with Crippen LogP contribution in [0.5, 0.6) is 0 Å². The number of hydrogen-bond donors (Lipinski definition) is 1. The Kier molecular flexibility index (Phi) is 1.53. The lowest BCUT2D eigenvalue weighted by molar-refractivity contribution is 0.810. The van der Waals surface area contributed by atoms with E-state index in [4.69, 9.17) is 0 Å². The normalized spacial score (nSPS) is 18.8. The minimum Gasteiger partial charge on any atom is -0.363 e. The van der Waals surface area contributed by atoms with Gasteiger partial charge in [-0.15, -0.1) is 5.10 Å². The predicted molar refractivity (Wildman–Crippen MR) is 48.0 cm³/mol. The molecule has 1 saturated carbocycles. The highest BCUT2D eigenvalue weighted by atomic mass is 15.2. The number of aryl methyl sites for hydroxylation is 1. The molecule has 0 unspecified atom stereocenters. The maximum atomic E-state index is 4.00. The van der Waals surface area contributed by atoms with Crippen molar-refractivity contribution in [2.24, 2.45) is 0 Å². The highest BCUT2D eigenvalue weighted by Crippen LogP contribution is 2.37. The number of anilines is 1. The van der Waals surface area contributed by atoms with E-state index in [9.17, 15) is 0 Å². The van der Waals surface area contributed by atoms with Crippen LogP contribution in [0.2, 0.25) is 0 Å². The monoisotopic (exact) mass is 163 g/mol. The summed E-state index contributed by atoms with van der Waals surface area (Å²) in [4.78, 5) is 0. The van der Waals surface area contributed by atoms with Gasteiger partial charge in [0.2, 0.25) is 0 Å². The Balaban J connectivity index is 2.12. The van der Waals surface area contributed by atoms with E-state index in [2.05, 4.69) is 22.4 Å². The minimum atomic E-state index is 0.294. The first-order chi connectivity index (χ1) is 5.68. The molecule has 2 rings (SSSR count). The van der Waals surface area contributed by atoms with Gasteiger partial charge >= 0.3 is 0 Å². The third kappa shape index (κ3) is 1.55. The maximum Gasteiger partial charge on any atom is 0.149 e. The van der Waals surface area contributed by atoms with Gasteiger partial charge in [-0.1, -0.05) is 0 Å². The lowest BCUT2D eigenvalue weighted by atomic mass is 10.3. The van der Waals surface area contributed by atoms with Gasteiger partial charge in [-0.05, 0) is 38.3 Å². The van der Waals surface area contributed by atoms with Crippen molar-refractivity contribution in [3.8, 4) is 0 Å². The molecule has 64 valence electrons. The molecule has 3 nitrogen and oxygen atoms in total. The SMILES string of the molecule is Cc1cnnc(NC2(C)CC2)c1. The van der Waals surface area contributed by atoms with Crippen LogP contribution in [0.3, 0.4) is 0 Å². The van der Waals surface area contributed by atoms with Crippen LogP contribution in [0.15, 0.2) is 12.3 Å². The molecule has 1 N–H and O–H groups in total. The molecule has 0 radical (unpaired) electrons. The topological polar surface area (TPSA) is 37.8 Å². The van der Waals surface area contributed by atoms with E-state index in [1.807, 2.05) is 13.0 Å². The summed E-state index contributed by atoms with van der Waals surface area (Å²) >= 11 is 0. The molecule has 0 spiro atoms. The zero-order chi connectivity index (χ0) is 8.60. The molecule has 0 atom stereocenters. The Morgan fingerprint density at radius 3 is 2.83 bits per heavy atom. The second-order valence-corrected chi connectivity index (χ2v) is 3.80. The van der Waals surface area contributed by atoms with Crippen molar-refractivity contribution in [2.45, 2.75) is 32.2 Å². The molecule has 1 fully saturated rings. The first kappa shape index (κ1) is 7.53. The molecule has 1 heterocycles. The lowest BCUT2D eigenvalue weighted by Crippen LogP contribution is -2.17. The van der Waals surface area contributed by atoms with Crippen LogP contribution < -0.4 is 5.32 Å². The third-order valence-electron chi connectivity index (χ3n) is 2.22. The summed E-state index contributed by atoms with van der Waals surface area (Å²) < 4.78 is 0. The van der Waals surface area contributed by atoms with E-state index >= 15 is 0 Å². The van der Waals surface area contributed by atoms with Gasteiger partial charge in [0.15, 0.2) is 0 Å². The van der Waals surface area contributed by atoms with Gasteiger partial charge in [0.1, 0.15) is 5.82 Å². The Morgan fingerprint density at radius 2 is 2.25 bits per heavy atom. The standard InChI is InChI=1S/C9H13N3/c1-7-5-8(12-10-6-7)11-9(2)3-4-9/h5-6H,3-4H2,1-2H3,(H,11,12). The molecule has 1 aromatic rings. The molecule has 0 bridgehead atoms. The average Bonchev–Trinajstić information content (AvgIpc) is 2.67. The molecule has 0 aliphatic heterocycles. The number of aromatic nitrogens is 2. The summed E-state index contributed by atoms with van der Waals surface area (Å²) in [6, 6.07) is 2.02. The molecule has 0 aromatic carbocycles. The molecule has 0 amide bonds. The fourth-order valence-electron chi connectivity index (χ4n) is 1.15. The molecule has 1 aliphatic carbocycles.